The number of nitrogens with two attached hydrogens (primary N) is 1. The predicted molar refractivity (Wildman–Crippen MR) is 64.5 cm³/mol. The maximum Gasteiger partial charge on any atom is 0.323 e. The van der Waals surface area contributed by atoms with Gasteiger partial charge in [0.15, 0.2) is 17.2 Å². The van der Waals surface area contributed by atoms with Crippen molar-refractivity contribution in [2.24, 2.45) is 5.73 Å². The number of aryl methyl sites for hydroxylation is 1. The van der Waals surface area contributed by atoms with Crippen LogP contribution in [0.4, 0.5) is 17.6 Å². The Kier molecular flexibility index (Phi) is 3.91. The topological polar surface area (TPSA) is 65.5 Å². The molecule has 1 atom stereocenters. The van der Waals surface area contributed by atoms with E-state index in [0.29, 0.717) is 0 Å². The van der Waals surface area contributed by atoms with E-state index in [2.05, 4.69) is 4.74 Å². The van der Waals surface area contributed by atoms with Crippen molar-refractivity contribution in [1.82, 2.24) is 0 Å². The Labute approximate surface area is 116 Å². The van der Waals surface area contributed by atoms with Crippen LogP contribution in [0.1, 0.15) is 11.3 Å². The average Bonchev–Trinajstić information content (AvgIpc) is 2.79. The number of ether oxygens (including phenoxy) is 1. The molecule has 0 aliphatic heterocycles. The van der Waals surface area contributed by atoms with Gasteiger partial charge in [0, 0.05) is 12.0 Å². The van der Waals surface area contributed by atoms with Gasteiger partial charge in [-0.25, -0.2) is 13.2 Å². The second-order valence-corrected chi connectivity index (χ2v) is 4.44. The van der Waals surface area contributed by atoms with Gasteiger partial charge in [-0.3, -0.25) is 4.79 Å². The monoisotopic (exact) mass is 305 g/mol. The number of hydrogen-bond donors (Lipinski definition) is 1. The quantitative estimate of drug-likeness (QED) is 0.409. The number of methoxy groups -OCH3 is 1. The number of benzene rings is 1. The predicted octanol–water partition coefficient (Wildman–Crippen LogP) is 2.34. The van der Waals surface area contributed by atoms with Gasteiger partial charge >= 0.3 is 5.97 Å². The summed E-state index contributed by atoms with van der Waals surface area (Å²) < 4.78 is 63.1. The van der Waals surface area contributed by atoms with Gasteiger partial charge in [0.2, 0.25) is 11.6 Å². The zero-order valence-electron chi connectivity index (χ0n) is 11.1. The number of esters is 1. The minimum atomic E-state index is -1.96. The smallest absolute Gasteiger partial charge is 0.323 e. The van der Waals surface area contributed by atoms with Crippen molar-refractivity contribution in [3.05, 3.63) is 34.6 Å². The van der Waals surface area contributed by atoms with Crippen molar-refractivity contribution >= 4 is 16.9 Å². The van der Waals surface area contributed by atoms with Crippen molar-refractivity contribution in [3.63, 3.8) is 0 Å². The summed E-state index contributed by atoms with van der Waals surface area (Å²) in [5, 5.41) is -0.515. The molecule has 0 bridgehead atoms. The number of rotatable bonds is 3. The molecule has 1 heterocycles. The molecule has 2 N–H and O–H groups in total. The van der Waals surface area contributed by atoms with E-state index >= 15 is 0 Å². The van der Waals surface area contributed by atoms with E-state index in [-0.39, 0.29) is 17.7 Å². The molecule has 1 unspecified atom stereocenters. The van der Waals surface area contributed by atoms with Gasteiger partial charge in [-0.05, 0) is 6.92 Å². The molecular formula is C13H11F4NO3. The van der Waals surface area contributed by atoms with Crippen LogP contribution in [-0.4, -0.2) is 19.1 Å². The maximum absolute atomic E-state index is 13.7. The summed E-state index contributed by atoms with van der Waals surface area (Å²) in [7, 11) is 1.12. The minimum absolute atomic E-state index is 0.0413. The molecule has 21 heavy (non-hydrogen) atoms. The zero-order chi connectivity index (χ0) is 15.9. The van der Waals surface area contributed by atoms with Crippen LogP contribution in [0.3, 0.4) is 0 Å². The Bertz CT molecular complexity index is 726. The van der Waals surface area contributed by atoms with Crippen molar-refractivity contribution < 1.29 is 31.5 Å². The molecule has 0 aliphatic carbocycles. The maximum atomic E-state index is 13.7. The molecule has 0 amide bonds. The standard InChI is InChI=1S/C13H11F4NO3/c1-4-6(3-5(18)13(19)20-2)21-12-7(4)8(14)9(15)10(16)11(12)17/h5H,3,18H2,1-2H3. The lowest BCUT2D eigenvalue weighted by molar-refractivity contribution is -0.142. The second kappa shape index (κ2) is 5.36. The lowest BCUT2D eigenvalue weighted by atomic mass is 10.1. The Balaban J connectivity index is 2.59. The first kappa shape index (κ1) is 15.3. The summed E-state index contributed by atoms with van der Waals surface area (Å²) in [6, 6.07) is -1.13. The second-order valence-electron chi connectivity index (χ2n) is 4.44. The third kappa shape index (κ3) is 2.35. The summed E-state index contributed by atoms with van der Waals surface area (Å²) in [6.07, 6.45) is -0.227. The Hall–Kier alpha value is -2.09. The largest absolute Gasteiger partial charge is 0.468 e. The summed E-state index contributed by atoms with van der Waals surface area (Å²) >= 11 is 0. The first-order chi connectivity index (χ1) is 9.79. The summed E-state index contributed by atoms with van der Waals surface area (Å²) in [5.41, 5.74) is 4.80. The van der Waals surface area contributed by atoms with Crippen LogP contribution < -0.4 is 5.73 Å². The van der Waals surface area contributed by atoms with Crippen LogP contribution >= 0.6 is 0 Å². The molecule has 0 fully saturated rings. The number of fused-ring (bicyclic) bond motifs is 1. The van der Waals surface area contributed by atoms with Gasteiger partial charge < -0.3 is 14.9 Å². The van der Waals surface area contributed by atoms with Crippen molar-refractivity contribution in [2.45, 2.75) is 19.4 Å². The van der Waals surface area contributed by atoms with Crippen molar-refractivity contribution in [3.8, 4) is 0 Å². The summed E-state index contributed by atoms with van der Waals surface area (Å²) in [4.78, 5) is 11.2. The minimum Gasteiger partial charge on any atom is -0.468 e. The third-order valence-electron chi connectivity index (χ3n) is 3.15. The highest BCUT2D eigenvalue weighted by Crippen LogP contribution is 2.33. The SMILES string of the molecule is COC(=O)C(N)Cc1oc2c(F)c(F)c(F)c(F)c2c1C. The molecule has 2 rings (SSSR count). The zero-order valence-corrected chi connectivity index (χ0v) is 11.1. The van der Waals surface area contributed by atoms with E-state index in [4.69, 9.17) is 10.2 Å². The van der Waals surface area contributed by atoms with Gasteiger partial charge in [0.05, 0.1) is 12.5 Å². The van der Waals surface area contributed by atoms with Crippen LogP contribution in [0.2, 0.25) is 0 Å². The van der Waals surface area contributed by atoms with E-state index < -0.39 is 46.2 Å². The van der Waals surface area contributed by atoms with Gasteiger partial charge in [-0.1, -0.05) is 0 Å². The van der Waals surface area contributed by atoms with E-state index in [1.54, 1.807) is 0 Å². The molecular weight excluding hydrogens is 294 g/mol. The number of halogens is 4. The number of furan rings is 1. The molecule has 8 heteroatoms. The molecule has 4 nitrogen and oxygen atoms in total. The van der Waals surface area contributed by atoms with E-state index in [1.165, 1.54) is 6.92 Å². The number of hydrogen-bond acceptors (Lipinski definition) is 4. The summed E-state index contributed by atoms with van der Waals surface area (Å²) in [5.74, 6) is -7.88. The van der Waals surface area contributed by atoms with Gasteiger partial charge in [0.25, 0.3) is 0 Å². The fourth-order valence-electron chi connectivity index (χ4n) is 2.01. The molecule has 0 radical (unpaired) electrons. The summed E-state index contributed by atoms with van der Waals surface area (Å²) in [6.45, 7) is 1.32. The number of carbonyl (C=O) groups excluding carboxylic acids is 1. The Morgan fingerprint density at radius 2 is 1.76 bits per heavy atom. The van der Waals surface area contributed by atoms with Gasteiger partial charge in [0.1, 0.15) is 11.8 Å². The van der Waals surface area contributed by atoms with Crippen LogP contribution in [-0.2, 0) is 16.0 Å². The Morgan fingerprint density at radius 1 is 1.19 bits per heavy atom. The highest BCUT2D eigenvalue weighted by molar-refractivity contribution is 5.84. The molecule has 0 aliphatic rings. The highest BCUT2D eigenvalue weighted by Gasteiger charge is 2.28. The lowest BCUT2D eigenvalue weighted by Gasteiger charge is -2.07. The van der Waals surface area contributed by atoms with Crippen LogP contribution in [0.5, 0.6) is 0 Å². The average molecular weight is 305 g/mol. The van der Waals surface area contributed by atoms with Gasteiger partial charge in [-0.15, -0.1) is 0 Å². The van der Waals surface area contributed by atoms with E-state index in [0.717, 1.165) is 7.11 Å². The molecule has 1 aromatic heterocycles. The van der Waals surface area contributed by atoms with Crippen molar-refractivity contribution in [2.75, 3.05) is 7.11 Å². The molecule has 0 saturated carbocycles. The van der Waals surface area contributed by atoms with E-state index in [1.807, 2.05) is 0 Å². The first-order valence-corrected chi connectivity index (χ1v) is 5.86. The first-order valence-electron chi connectivity index (χ1n) is 5.86. The molecule has 0 spiro atoms. The normalized spacial score (nSPS) is 12.7. The molecule has 1 aromatic carbocycles. The van der Waals surface area contributed by atoms with Crippen LogP contribution in [0.15, 0.2) is 4.42 Å². The fourth-order valence-corrected chi connectivity index (χ4v) is 2.01. The Morgan fingerprint density at radius 3 is 2.33 bits per heavy atom. The number of carbonyl (C=O) groups is 1. The van der Waals surface area contributed by atoms with Crippen LogP contribution in [0.25, 0.3) is 11.0 Å². The van der Waals surface area contributed by atoms with E-state index in [9.17, 15) is 22.4 Å². The fraction of sp³-hybridized carbons (Fsp3) is 0.308. The molecule has 2 aromatic rings. The lowest BCUT2D eigenvalue weighted by Crippen LogP contribution is -2.33. The van der Waals surface area contributed by atoms with Crippen molar-refractivity contribution in [1.29, 1.82) is 0 Å². The van der Waals surface area contributed by atoms with Gasteiger partial charge in [-0.2, -0.15) is 4.39 Å². The molecule has 114 valence electrons. The third-order valence-corrected chi connectivity index (χ3v) is 3.15. The highest BCUT2D eigenvalue weighted by atomic mass is 19.2. The molecule has 0 saturated heterocycles. The van der Waals surface area contributed by atoms with Crippen LogP contribution in [0, 0.1) is 30.2 Å².